The fourth-order valence-corrected chi connectivity index (χ4v) is 3.60. The number of rotatable bonds is 2. The van der Waals surface area contributed by atoms with Gasteiger partial charge in [0.25, 0.3) is 0 Å². The van der Waals surface area contributed by atoms with Gasteiger partial charge in [0, 0.05) is 23.3 Å². The van der Waals surface area contributed by atoms with E-state index in [-0.39, 0.29) is 0 Å². The molecule has 0 saturated carbocycles. The summed E-state index contributed by atoms with van der Waals surface area (Å²) in [7, 11) is 0. The fourth-order valence-electron chi connectivity index (χ4n) is 2.90. The Morgan fingerprint density at radius 1 is 1.37 bits per heavy atom. The van der Waals surface area contributed by atoms with Gasteiger partial charge in [-0.2, -0.15) is 0 Å². The SMILES string of the molecule is Cc1cc(C)c2c(c1)N(Cc1cnc(N)s1)CCC2. The van der Waals surface area contributed by atoms with Crippen molar-refractivity contribution in [2.45, 2.75) is 33.2 Å². The first-order valence-corrected chi connectivity index (χ1v) is 7.50. The molecule has 3 rings (SSSR count). The van der Waals surface area contributed by atoms with Gasteiger partial charge in [0.15, 0.2) is 5.13 Å². The van der Waals surface area contributed by atoms with E-state index in [4.69, 9.17) is 5.73 Å². The van der Waals surface area contributed by atoms with Crippen LogP contribution in [0.25, 0.3) is 0 Å². The number of hydrogen-bond donors (Lipinski definition) is 1. The van der Waals surface area contributed by atoms with Crippen LogP contribution in [-0.4, -0.2) is 11.5 Å². The molecule has 0 bridgehead atoms. The molecule has 4 heteroatoms. The van der Waals surface area contributed by atoms with Gasteiger partial charge in [-0.1, -0.05) is 6.07 Å². The molecule has 0 saturated heterocycles. The van der Waals surface area contributed by atoms with E-state index in [1.165, 1.54) is 40.1 Å². The number of nitrogens with zero attached hydrogens (tertiary/aromatic N) is 2. The highest BCUT2D eigenvalue weighted by Gasteiger charge is 2.19. The van der Waals surface area contributed by atoms with Gasteiger partial charge in [0.2, 0.25) is 0 Å². The Morgan fingerprint density at radius 3 is 2.95 bits per heavy atom. The smallest absolute Gasteiger partial charge is 0.180 e. The van der Waals surface area contributed by atoms with Gasteiger partial charge < -0.3 is 10.6 Å². The molecule has 0 radical (unpaired) electrons. The molecule has 1 aliphatic rings. The third-order valence-electron chi connectivity index (χ3n) is 3.71. The first kappa shape index (κ1) is 12.5. The van der Waals surface area contributed by atoms with Crippen LogP contribution < -0.4 is 10.6 Å². The molecule has 2 aromatic rings. The molecule has 3 nitrogen and oxygen atoms in total. The van der Waals surface area contributed by atoms with Crippen molar-refractivity contribution in [2.75, 3.05) is 17.2 Å². The van der Waals surface area contributed by atoms with Crippen LogP contribution in [0.3, 0.4) is 0 Å². The van der Waals surface area contributed by atoms with Crippen LogP contribution in [0.4, 0.5) is 10.8 Å². The molecule has 0 unspecified atom stereocenters. The number of hydrogen-bond acceptors (Lipinski definition) is 4. The molecule has 0 amide bonds. The summed E-state index contributed by atoms with van der Waals surface area (Å²) in [6, 6.07) is 4.60. The molecule has 1 aromatic heterocycles. The summed E-state index contributed by atoms with van der Waals surface area (Å²) in [6.07, 6.45) is 4.32. The number of benzene rings is 1. The number of thiazole rings is 1. The Kier molecular flexibility index (Phi) is 3.19. The summed E-state index contributed by atoms with van der Waals surface area (Å²) in [6.45, 7) is 6.43. The van der Waals surface area contributed by atoms with Crippen molar-refractivity contribution in [3.8, 4) is 0 Å². The van der Waals surface area contributed by atoms with E-state index in [0.717, 1.165) is 13.1 Å². The number of nitrogens with two attached hydrogens (primary N) is 1. The van der Waals surface area contributed by atoms with Crippen molar-refractivity contribution in [2.24, 2.45) is 0 Å². The second-order valence-corrected chi connectivity index (χ2v) is 6.42. The lowest BCUT2D eigenvalue weighted by molar-refractivity contribution is 0.691. The number of aryl methyl sites for hydroxylation is 2. The standard InChI is InChI=1S/C15H19N3S/c1-10-6-11(2)13-4-3-5-18(14(13)7-10)9-12-8-17-15(16)19-12/h6-8H,3-5,9H2,1-2H3,(H2,16,17). The molecule has 0 fully saturated rings. The predicted octanol–water partition coefficient (Wildman–Crippen LogP) is 3.29. The van der Waals surface area contributed by atoms with Gasteiger partial charge in [0.05, 0.1) is 6.54 Å². The van der Waals surface area contributed by atoms with Crippen LogP contribution in [0.2, 0.25) is 0 Å². The maximum Gasteiger partial charge on any atom is 0.180 e. The van der Waals surface area contributed by atoms with Gasteiger partial charge in [-0.3, -0.25) is 0 Å². The second-order valence-electron chi connectivity index (χ2n) is 5.27. The minimum atomic E-state index is 0.660. The van der Waals surface area contributed by atoms with Crippen LogP contribution in [-0.2, 0) is 13.0 Å². The summed E-state index contributed by atoms with van der Waals surface area (Å²) in [5, 5.41) is 0.660. The van der Waals surface area contributed by atoms with Crippen molar-refractivity contribution >= 4 is 22.2 Å². The van der Waals surface area contributed by atoms with E-state index >= 15 is 0 Å². The highest BCUT2D eigenvalue weighted by molar-refractivity contribution is 7.15. The molecule has 0 spiro atoms. The Morgan fingerprint density at radius 2 is 2.21 bits per heavy atom. The molecular formula is C15H19N3S. The molecule has 1 aliphatic heterocycles. The lowest BCUT2D eigenvalue weighted by atomic mass is 9.95. The van der Waals surface area contributed by atoms with Crippen LogP contribution in [0.15, 0.2) is 18.3 Å². The Hall–Kier alpha value is -1.55. The molecule has 2 N–H and O–H groups in total. The molecule has 19 heavy (non-hydrogen) atoms. The van der Waals surface area contributed by atoms with Gasteiger partial charge in [-0.05, 0) is 49.4 Å². The quantitative estimate of drug-likeness (QED) is 0.913. The van der Waals surface area contributed by atoms with Gasteiger partial charge in [-0.25, -0.2) is 4.98 Å². The second kappa shape index (κ2) is 4.85. The van der Waals surface area contributed by atoms with Crippen molar-refractivity contribution in [3.05, 3.63) is 39.9 Å². The Labute approximate surface area is 118 Å². The normalized spacial score (nSPS) is 14.5. The van der Waals surface area contributed by atoms with E-state index in [1.54, 1.807) is 11.3 Å². The summed E-state index contributed by atoms with van der Waals surface area (Å²) in [4.78, 5) is 7.85. The van der Waals surface area contributed by atoms with Crippen LogP contribution in [0, 0.1) is 13.8 Å². The summed E-state index contributed by atoms with van der Waals surface area (Å²) in [5.41, 5.74) is 11.4. The van der Waals surface area contributed by atoms with Crippen LogP contribution >= 0.6 is 11.3 Å². The maximum atomic E-state index is 5.72. The van der Waals surface area contributed by atoms with E-state index in [2.05, 4.69) is 35.9 Å². The fraction of sp³-hybridized carbons (Fsp3) is 0.400. The van der Waals surface area contributed by atoms with Crippen molar-refractivity contribution in [3.63, 3.8) is 0 Å². The topological polar surface area (TPSA) is 42.2 Å². The number of nitrogen functional groups attached to an aromatic ring is 1. The minimum absolute atomic E-state index is 0.660. The zero-order chi connectivity index (χ0) is 13.4. The van der Waals surface area contributed by atoms with E-state index < -0.39 is 0 Å². The molecule has 2 heterocycles. The zero-order valence-electron chi connectivity index (χ0n) is 11.4. The zero-order valence-corrected chi connectivity index (χ0v) is 12.3. The maximum absolute atomic E-state index is 5.72. The molecule has 100 valence electrons. The van der Waals surface area contributed by atoms with Crippen LogP contribution in [0.5, 0.6) is 0 Å². The molecule has 0 atom stereocenters. The summed E-state index contributed by atoms with van der Waals surface area (Å²) < 4.78 is 0. The average molecular weight is 273 g/mol. The van der Waals surface area contributed by atoms with Crippen molar-refractivity contribution in [1.82, 2.24) is 4.98 Å². The highest BCUT2D eigenvalue weighted by atomic mass is 32.1. The first-order chi connectivity index (χ1) is 9.13. The largest absolute Gasteiger partial charge is 0.375 e. The average Bonchev–Trinajstić information content (AvgIpc) is 2.76. The number of anilines is 2. The third-order valence-corrected chi connectivity index (χ3v) is 4.52. The van der Waals surface area contributed by atoms with Gasteiger partial charge >= 0.3 is 0 Å². The lowest BCUT2D eigenvalue weighted by Gasteiger charge is -2.32. The van der Waals surface area contributed by atoms with E-state index in [9.17, 15) is 0 Å². The van der Waals surface area contributed by atoms with Crippen LogP contribution in [0.1, 0.15) is 28.0 Å². The van der Waals surface area contributed by atoms with Crippen molar-refractivity contribution in [1.29, 1.82) is 0 Å². The summed E-state index contributed by atoms with van der Waals surface area (Å²) >= 11 is 1.59. The number of fused-ring (bicyclic) bond motifs is 1. The molecule has 0 aliphatic carbocycles. The summed E-state index contributed by atoms with van der Waals surface area (Å²) in [5.74, 6) is 0. The lowest BCUT2D eigenvalue weighted by Crippen LogP contribution is -2.29. The Balaban J connectivity index is 1.93. The van der Waals surface area contributed by atoms with Gasteiger partial charge in [-0.15, -0.1) is 11.3 Å². The first-order valence-electron chi connectivity index (χ1n) is 6.69. The van der Waals surface area contributed by atoms with E-state index in [0.29, 0.717) is 5.13 Å². The highest BCUT2D eigenvalue weighted by Crippen LogP contribution is 2.32. The predicted molar refractivity (Wildman–Crippen MR) is 81.8 cm³/mol. The number of aromatic nitrogens is 1. The monoisotopic (exact) mass is 273 g/mol. The Bertz CT molecular complexity index is 603. The minimum Gasteiger partial charge on any atom is -0.375 e. The molecule has 1 aromatic carbocycles. The third kappa shape index (κ3) is 2.45. The van der Waals surface area contributed by atoms with Crippen molar-refractivity contribution < 1.29 is 0 Å². The van der Waals surface area contributed by atoms with E-state index in [1.807, 2.05) is 6.20 Å². The van der Waals surface area contributed by atoms with Gasteiger partial charge in [0.1, 0.15) is 0 Å². The molecular weight excluding hydrogens is 254 g/mol.